The molecule has 0 heterocycles. The van der Waals surface area contributed by atoms with E-state index < -0.39 is 0 Å². The van der Waals surface area contributed by atoms with Crippen LogP contribution in [-0.4, -0.2) is 26.5 Å². The van der Waals surface area contributed by atoms with E-state index in [2.05, 4.69) is 5.43 Å². The van der Waals surface area contributed by atoms with Gasteiger partial charge in [0.1, 0.15) is 11.5 Å². The van der Waals surface area contributed by atoms with Gasteiger partial charge in [-0.3, -0.25) is 5.84 Å². The Morgan fingerprint density at radius 1 is 0.815 bits per heavy atom. The molecule has 0 fully saturated rings. The minimum absolute atomic E-state index is 0.250. The molecule has 5 N–H and O–H groups in total. The van der Waals surface area contributed by atoms with Crippen LogP contribution in [0.1, 0.15) is 11.1 Å². The van der Waals surface area contributed by atoms with Gasteiger partial charge < -0.3 is 20.6 Å². The van der Waals surface area contributed by atoms with Gasteiger partial charge in [-0.15, -0.1) is 0 Å². The average Bonchev–Trinajstić information content (AvgIpc) is 2.65. The van der Waals surface area contributed by atoms with E-state index in [1.54, 1.807) is 14.2 Å². The summed E-state index contributed by atoms with van der Waals surface area (Å²) in [5.41, 5.74) is 11.9. The number of carbonyl (C=O) groups excluding carboxylic acids is 4. The number of ether oxygens (including phenoxy) is 2. The molecule has 27 heavy (non-hydrogen) atoms. The van der Waals surface area contributed by atoms with Crippen LogP contribution in [0.2, 0.25) is 0 Å². The second kappa shape index (κ2) is 15.9. The third-order valence-electron chi connectivity index (χ3n) is 2.90. The molecule has 0 spiro atoms. The van der Waals surface area contributed by atoms with Crippen LogP contribution in [0, 0.1) is 13.8 Å². The lowest BCUT2D eigenvalue weighted by Gasteiger charge is -2.07. The van der Waals surface area contributed by atoms with Crippen molar-refractivity contribution in [1.29, 1.82) is 0 Å². The van der Waals surface area contributed by atoms with Gasteiger partial charge in [0.25, 0.3) is 0 Å². The summed E-state index contributed by atoms with van der Waals surface area (Å²) in [7, 11) is 3.24. The Balaban J connectivity index is 0. The molecule has 146 valence electrons. The first-order valence-corrected chi connectivity index (χ1v) is 7.34. The van der Waals surface area contributed by atoms with E-state index in [-0.39, 0.29) is 12.3 Å². The number of hydrogen-bond acceptors (Lipinski definition) is 9. The number of nitrogen functional groups attached to an aromatic ring is 2. The molecule has 0 saturated carbocycles. The van der Waals surface area contributed by atoms with Crippen LogP contribution < -0.4 is 26.5 Å². The number of hydrazine groups is 1. The Kier molecular flexibility index (Phi) is 15.0. The maximum absolute atomic E-state index is 8.12. The molecule has 2 aromatic carbocycles. The smallest absolute Gasteiger partial charge is 0.373 e. The number of benzene rings is 2. The maximum atomic E-state index is 8.12. The molecule has 0 amide bonds. The number of aryl methyl sites for hydroxylation is 2. The van der Waals surface area contributed by atoms with E-state index in [4.69, 9.17) is 40.2 Å². The van der Waals surface area contributed by atoms with Gasteiger partial charge in [-0.2, -0.15) is 19.2 Å². The van der Waals surface area contributed by atoms with Crippen LogP contribution in [0.15, 0.2) is 36.4 Å². The van der Waals surface area contributed by atoms with Crippen molar-refractivity contribution < 1.29 is 28.7 Å². The predicted octanol–water partition coefficient (Wildman–Crippen LogP) is 1.71. The highest BCUT2D eigenvalue weighted by atomic mass is 16.5. The first-order chi connectivity index (χ1) is 12.8. The van der Waals surface area contributed by atoms with E-state index in [1.165, 1.54) is 0 Å². The van der Waals surface area contributed by atoms with Crippen molar-refractivity contribution >= 4 is 23.7 Å². The summed E-state index contributed by atoms with van der Waals surface area (Å²) in [5.74, 6) is 6.77. The Morgan fingerprint density at radius 2 is 1.22 bits per heavy atom. The molecule has 0 aromatic heterocycles. The second-order valence-corrected chi connectivity index (χ2v) is 4.76. The van der Waals surface area contributed by atoms with Gasteiger partial charge in [0.15, 0.2) is 0 Å². The van der Waals surface area contributed by atoms with Gasteiger partial charge in [0.05, 0.1) is 25.6 Å². The summed E-state index contributed by atoms with van der Waals surface area (Å²) in [4.78, 5) is 32.5. The molecule has 0 aliphatic carbocycles. The van der Waals surface area contributed by atoms with Crippen molar-refractivity contribution in [2.24, 2.45) is 5.84 Å². The highest BCUT2D eigenvalue weighted by Crippen LogP contribution is 2.23. The first kappa shape index (κ1) is 25.6. The Morgan fingerprint density at radius 3 is 1.59 bits per heavy atom. The molecule has 9 nitrogen and oxygen atoms in total. The molecule has 0 aliphatic rings. The standard InChI is InChI=1S/C8H12N2O.C8H11NO.2CO2/c1-6-3-4-7(10-9)8(5-6)11-2;1-6-3-4-7(9)8(5-6)10-2;2*2-1-3/h3-5,10H,9H2,1-2H3;3-5H,9H2,1-2H3;;. The minimum atomic E-state index is 0.250. The summed E-state index contributed by atoms with van der Waals surface area (Å²) in [5, 5.41) is 0. The number of nitrogens with two attached hydrogens (primary N) is 2. The fourth-order valence-corrected chi connectivity index (χ4v) is 1.74. The van der Waals surface area contributed by atoms with Gasteiger partial charge in [-0.05, 0) is 49.2 Å². The van der Waals surface area contributed by atoms with E-state index >= 15 is 0 Å². The highest BCUT2D eigenvalue weighted by molar-refractivity contribution is 5.56. The number of nitrogens with one attached hydrogen (secondary N) is 1. The Labute approximate surface area is 157 Å². The number of rotatable bonds is 3. The quantitative estimate of drug-likeness (QED) is 0.412. The van der Waals surface area contributed by atoms with Crippen molar-refractivity contribution in [2.75, 3.05) is 25.4 Å². The lowest BCUT2D eigenvalue weighted by atomic mass is 10.2. The van der Waals surface area contributed by atoms with Gasteiger partial charge in [-0.25, -0.2) is 0 Å². The van der Waals surface area contributed by atoms with Gasteiger partial charge in [-0.1, -0.05) is 12.1 Å². The maximum Gasteiger partial charge on any atom is 0.373 e. The van der Waals surface area contributed by atoms with E-state index in [9.17, 15) is 0 Å². The molecule has 0 unspecified atom stereocenters. The normalized spacial score (nSPS) is 7.89. The van der Waals surface area contributed by atoms with Crippen molar-refractivity contribution in [3.8, 4) is 11.5 Å². The largest absolute Gasteiger partial charge is 0.495 e. The highest BCUT2D eigenvalue weighted by Gasteiger charge is 1.99. The molecule has 0 bridgehead atoms. The number of hydrogen-bond donors (Lipinski definition) is 3. The van der Waals surface area contributed by atoms with E-state index in [0.717, 1.165) is 28.3 Å². The van der Waals surface area contributed by atoms with Gasteiger partial charge in [0.2, 0.25) is 0 Å². The summed E-state index contributed by atoms with van der Waals surface area (Å²) in [6.45, 7) is 4.00. The van der Waals surface area contributed by atoms with Crippen LogP contribution >= 0.6 is 0 Å². The van der Waals surface area contributed by atoms with Gasteiger partial charge in [0, 0.05) is 0 Å². The van der Waals surface area contributed by atoms with Crippen LogP contribution in [0.25, 0.3) is 0 Å². The van der Waals surface area contributed by atoms with Crippen LogP contribution in [0.5, 0.6) is 11.5 Å². The van der Waals surface area contributed by atoms with Gasteiger partial charge >= 0.3 is 12.3 Å². The summed E-state index contributed by atoms with van der Waals surface area (Å²) >= 11 is 0. The first-order valence-electron chi connectivity index (χ1n) is 7.34. The molecule has 0 radical (unpaired) electrons. The lowest BCUT2D eigenvalue weighted by Crippen LogP contribution is -2.07. The molecule has 2 rings (SSSR count). The van der Waals surface area contributed by atoms with Crippen LogP contribution in [-0.2, 0) is 19.2 Å². The fourth-order valence-electron chi connectivity index (χ4n) is 1.74. The summed E-state index contributed by atoms with van der Waals surface area (Å²) in [6, 6.07) is 11.5. The molecular formula is C18H23N3O6. The summed E-state index contributed by atoms with van der Waals surface area (Å²) < 4.78 is 10.1. The molecule has 0 atom stereocenters. The van der Waals surface area contributed by atoms with Crippen molar-refractivity contribution in [1.82, 2.24) is 0 Å². The zero-order valence-electron chi connectivity index (χ0n) is 15.6. The van der Waals surface area contributed by atoms with Crippen LogP contribution in [0.3, 0.4) is 0 Å². The fraction of sp³-hybridized carbons (Fsp3) is 0.222. The minimum Gasteiger partial charge on any atom is -0.495 e. The zero-order valence-corrected chi connectivity index (χ0v) is 15.6. The monoisotopic (exact) mass is 377 g/mol. The third kappa shape index (κ3) is 11.5. The van der Waals surface area contributed by atoms with Crippen LogP contribution in [0.4, 0.5) is 11.4 Å². The molecule has 9 heteroatoms. The molecule has 0 aliphatic heterocycles. The van der Waals surface area contributed by atoms with E-state index in [1.807, 2.05) is 50.2 Å². The molecular weight excluding hydrogens is 354 g/mol. The van der Waals surface area contributed by atoms with E-state index in [0.29, 0.717) is 5.69 Å². The average molecular weight is 377 g/mol. The SMILES string of the molecule is COc1cc(C)ccc1N.COc1cc(C)ccc1NN.O=C=O.O=C=O. The Hall–Kier alpha value is -3.64. The van der Waals surface area contributed by atoms with Crippen molar-refractivity contribution in [3.05, 3.63) is 47.5 Å². The Bertz CT molecular complexity index is 741. The number of methoxy groups -OCH3 is 2. The summed E-state index contributed by atoms with van der Waals surface area (Å²) in [6.07, 6.45) is 0.500. The molecule has 2 aromatic rings. The zero-order chi connectivity index (χ0) is 21.2. The number of anilines is 2. The third-order valence-corrected chi connectivity index (χ3v) is 2.90. The topological polar surface area (TPSA) is 151 Å². The molecule has 0 saturated heterocycles. The van der Waals surface area contributed by atoms with Crippen molar-refractivity contribution in [3.63, 3.8) is 0 Å². The lowest BCUT2D eigenvalue weighted by molar-refractivity contribution is -0.193. The van der Waals surface area contributed by atoms with Crippen molar-refractivity contribution in [2.45, 2.75) is 13.8 Å². The predicted molar refractivity (Wildman–Crippen MR) is 97.7 cm³/mol. The second-order valence-electron chi connectivity index (χ2n) is 4.76.